The molecule has 172 valence electrons. The molecular weight excluding hydrogens is 404 g/mol. The van der Waals surface area contributed by atoms with E-state index in [1.54, 1.807) is 14.2 Å². The largest absolute Gasteiger partial charge is 0.491 e. The van der Waals surface area contributed by atoms with Crippen LogP contribution in [-0.4, -0.2) is 52.3 Å². The Labute approximate surface area is 190 Å². The van der Waals surface area contributed by atoms with Crippen LogP contribution >= 0.6 is 0 Å². The van der Waals surface area contributed by atoms with Crippen LogP contribution in [0.5, 0.6) is 5.75 Å². The number of anilines is 1. The van der Waals surface area contributed by atoms with Crippen LogP contribution in [0.25, 0.3) is 0 Å². The molecule has 0 unspecified atom stereocenters. The maximum Gasteiger partial charge on any atom is 0.227 e. The molecule has 2 aromatic rings. The summed E-state index contributed by atoms with van der Waals surface area (Å²) in [7, 11) is 3.40. The molecule has 1 aliphatic heterocycles. The van der Waals surface area contributed by atoms with Gasteiger partial charge in [-0.3, -0.25) is 9.79 Å². The van der Waals surface area contributed by atoms with E-state index in [0.717, 1.165) is 42.0 Å². The third-order valence-electron chi connectivity index (χ3n) is 5.49. The van der Waals surface area contributed by atoms with Crippen LogP contribution < -0.4 is 20.3 Å². The molecule has 0 fully saturated rings. The highest BCUT2D eigenvalue weighted by Gasteiger charge is 2.23. The van der Waals surface area contributed by atoms with E-state index in [9.17, 15) is 4.79 Å². The number of ether oxygens (including phenoxy) is 2. The highest BCUT2D eigenvalue weighted by atomic mass is 16.5. The van der Waals surface area contributed by atoms with Gasteiger partial charge in [-0.1, -0.05) is 30.3 Å². The Morgan fingerprint density at radius 1 is 1.16 bits per heavy atom. The first-order valence-corrected chi connectivity index (χ1v) is 11.2. The van der Waals surface area contributed by atoms with Gasteiger partial charge in [-0.15, -0.1) is 0 Å². The predicted octanol–water partition coefficient (Wildman–Crippen LogP) is 3.05. The van der Waals surface area contributed by atoms with Crippen LogP contribution in [-0.2, 0) is 22.5 Å². The second-order valence-electron chi connectivity index (χ2n) is 7.83. The molecule has 2 aromatic carbocycles. The van der Waals surface area contributed by atoms with E-state index in [-0.39, 0.29) is 5.91 Å². The Morgan fingerprint density at radius 3 is 2.81 bits per heavy atom. The third-order valence-corrected chi connectivity index (χ3v) is 5.49. The smallest absolute Gasteiger partial charge is 0.227 e. The molecule has 1 aliphatic rings. The van der Waals surface area contributed by atoms with Crippen LogP contribution in [0.15, 0.2) is 47.5 Å². The Hall–Kier alpha value is -3.06. The van der Waals surface area contributed by atoms with Gasteiger partial charge in [0, 0.05) is 51.5 Å². The van der Waals surface area contributed by atoms with E-state index in [4.69, 9.17) is 9.47 Å². The molecule has 0 aliphatic carbocycles. The molecule has 7 nitrogen and oxygen atoms in total. The molecule has 0 saturated heterocycles. The lowest BCUT2D eigenvalue weighted by molar-refractivity contribution is -0.118. The molecule has 1 amide bonds. The quantitative estimate of drug-likeness (QED) is 0.339. The lowest BCUT2D eigenvalue weighted by Crippen LogP contribution is -2.38. The summed E-state index contributed by atoms with van der Waals surface area (Å²) in [6, 6.07) is 14.3. The number of rotatable bonds is 10. The number of carbonyl (C=O) groups is 1. The third kappa shape index (κ3) is 6.47. The van der Waals surface area contributed by atoms with E-state index in [1.807, 2.05) is 36.1 Å². The summed E-state index contributed by atoms with van der Waals surface area (Å²) in [6.45, 7) is 5.14. The number of carbonyl (C=O) groups excluding carboxylic acids is 1. The van der Waals surface area contributed by atoms with Gasteiger partial charge in [0.15, 0.2) is 5.96 Å². The molecule has 0 saturated carbocycles. The number of guanidine groups is 1. The molecule has 0 aromatic heterocycles. The Balaban J connectivity index is 1.42. The van der Waals surface area contributed by atoms with Crippen LogP contribution in [0.2, 0.25) is 0 Å². The van der Waals surface area contributed by atoms with Crippen LogP contribution in [0.4, 0.5) is 5.69 Å². The first kappa shape index (κ1) is 23.6. The molecule has 0 radical (unpaired) electrons. The summed E-state index contributed by atoms with van der Waals surface area (Å²) in [5.74, 6) is 1.73. The fourth-order valence-electron chi connectivity index (χ4n) is 3.76. The minimum absolute atomic E-state index is 0.178. The zero-order valence-electron chi connectivity index (χ0n) is 19.3. The van der Waals surface area contributed by atoms with Crippen molar-refractivity contribution in [2.24, 2.45) is 4.99 Å². The number of aryl methyl sites for hydroxylation is 1. The molecule has 0 spiro atoms. The number of methoxy groups -OCH3 is 1. The highest BCUT2D eigenvalue weighted by Crippen LogP contribution is 2.28. The zero-order chi connectivity index (χ0) is 22.8. The summed E-state index contributed by atoms with van der Waals surface area (Å²) < 4.78 is 10.9. The Bertz CT molecular complexity index is 929. The summed E-state index contributed by atoms with van der Waals surface area (Å²) in [5.41, 5.74) is 4.52. The lowest BCUT2D eigenvalue weighted by atomic mass is 10.1. The normalized spacial score (nSPS) is 13.1. The number of para-hydroxylation sites is 1. The first-order chi connectivity index (χ1) is 15.6. The van der Waals surface area contributed by atoms with Crippen molar-refractivity contribution in [2.75, 3.05) is 45.4 Å². The number of hydrogen-bond acceptors (Lipinski definition) is 4. The van der Waals surface area contributed by atoms with Crippen molar-refractivity contribution in [1.82, 2.24) is 10.6 Å². The zero-order valence-corrected chi connectivity index (χ0v) is 19.3. The average Bonchev–Trinajstić information content (AvgIpc) is 3.24. The molecule has 7 heteroatoms. The summed E-state index contributed by atoms with van der Waals surface area (Å²) in [4.78, 5) is 18.8. The van der Waals surface area contributed by atoms with Crippen molar-refractivity contribution < 1.29 is 14.3 Å². The lowest BCUT2D eigenvalue weighted by Gasteiger charge is -2.18. The van der Waals surface area contributed by atoms with Crippen LogP contribution in [0.3, 0.4) is 0 Å². The van der Waals surface area contributed by atoms with E-state index < -0.39 is 0 Å². The van der Waals surface area contributed by atoms with Gasteiger partial charge in [-0.25, -0.2) is 0 Å². The molecule has 32 heavy (non-hydrogen) atoms. The number of aliphatic imine (C=N–C) groups is 1. The first-order valence-electron chi connectivity index (χ1n) is 11.2. The summed E-state index contributed by atoms with van der Waals surface area (Å²) >= 11 is 0. The monoisotopic (exact) mass is 438 g/mol. The SMILES string of the molecule is CN=C(NCCCC(=O)N1CCc2ccccc21)NCc1ccc(C)cc1OCCOC. The van der Waals surface area contributed by atoms with Crippen molar-refractivity contribution >= 4 is 17.6 Å². The summed E-state index contributed by atoms with van der Waals surface area (Å²) in [6.07, 6.45) is 2.19. The van der Waals surface area contributed by atoms with E-state index in [0.29, 0.717) is 38.7 Å². The fourth-order valence-corrected chi connectivity index (χ4v) is 3.76. The van der Waals surface area contributed by atoms with E-state index in [1.165, 1.54) is 5.56 Å². The van der Waals surface area contributed by atoms with Gasteiger partial charge in [-0.05, 0) is 43.0 Å². The number of amides is 1. The molecule has 0 atom stereocenters. The standard InChI is InChI=1S/C25H34N4O3/c1-19-10-11-21(23(17-19)32-16-15-31-3)18-28-25(26-2)27-13-6-9-24(30)29-14-12-20-7-4-5-8-22(20)29/h4-5,7-8,10-11,17H,6,9,12-16,18H2,1-3H3,(H2,26,27,28). The maximum atomic E-state index is 12.6. The second-order valence-corrected chi connectivity index (χ2v) is 7.83. The molecule has 0 bridgehead atoms. The van der Waals surface area contributed by atoms with Crippen LogP contribution in [0.1, 0.15) is 29.5 Å². The molecular formula is C25H34N4O3. The average molecular weight is 439 g/mol. The topological polar surface area (TPSA) is 75.2 Å². The van der Waals surface area contributed by atoms with E-state index >= 15 is 0 Å². The number of nitrogens with zero attached hydrogens (tertiary/aromatic N) is 2. The van der Waals surface area contributed by atoms with E-state index in [2.05, 4.69) is 33.8 Å². The minimum atomic E-state index is 0.178. The number of nitrogens with one attached hydrogen (secondary N) is 2. The molecule has 2 N–H and O–H groups in total. The number of benzene rings is 2. The minimum Gasteiger partial charge on any atom is -0.491 e. The van der Waals surface area contributed by atoms with Crippen molar-refractivity contribution in [2.45, 2.75) is 32.7 Å². The number of hydrogen-bond donors (Lipinski definition) is 2. The fraction of sp³-hybridized carbons (Fsp3) is 0.440. The van der Waals surface area contributed by atoms with Crippen molar-refractivity contribution in [3.8, 4) is 5.75 Å². The van der Waals surface area contributed by atoms with Gasteiger partial charge in [0.1, 0.15) is 12.4 Å². The molecule has 1 heterocycles. The van der Waals surface area contributed by atoms with Crippen molar-refractivity contribution in [3.05, 3.63) is 59.2 Å². The van der Waals surface area contributed by atoms with Gasteiger partial charge in [0.25, 0.3) is 0 Å². The molecule has 3 rings (SSSR count). The predicted molar refractivity (Wildman–Crippen MR) is 128 cm³/mol. The van der Waals surface area contributed by atoms with Gasteiger partial charge >= 0.3 is 0 Å². The van der Waals surface area contributed by atoms with Gasteiger partial charge in [0.05, 0.1) is 6.61 Å². The second kappa shape index (κ2) is 12.1. The van der Waals surface area contributed by atoms with Crippen molar-refractivity contribution in [1.29, 1.82) is 0 Å². The number of fused-ring (bicyclic) bond motifs is 1. The van der Waals surface area contributed by atoms with Gasteiger partial charge < -0.3 is 25.0 Å². The summed E-state index contributed by atoms with van der Waals surface area (Å²) in [5, 5.41) is 6.62. The maximum absolute atomic E-state index is 12.6. The Morgan fingerprint density at radius 2 is 2.00 bits per heavy atom. The van der Waals surface area contributed by atoms with Gasteiger partial charge in [-0.2, -0.15) is 0 Å². The van der Waals surface area contributed by atoms with Crippen LogP contribution in [0, 0.1) is 6.92 Å². The van der Waals surface area contributed by atoms with Gasteiger partial charge in [0.2, 0.25) is 5.91 Å². The highest BCUT2D eigenvalue weighted by molar-refractivity contribution is 5.95. The van der Waals surface area contributed by atoms with Crippen molar-refractivity contribution in [3.63, 3.8) is 0 Å². The Kier molecular flexibility index (Phi) is 8.92.